The highest BCUT2D eigenvalue weighted by Crippen LogP contribution is 2.43. The summed E-state index contributed by atoms with van der Waals surface area (Å²) in [4.78, 5) is 0. The lowest BCUT2D eigenvalue weighted by Crippen LogP contribution is -2.34. The summed E-state index contributed by atoms with van der Waals surface area (Å²) in [7, 11) is 0. The number of fused-ring (bicyclic) bond motifs is 1. The average Bonchev–Trinajstić information content (AvgIpc) is 2.85. The maximum Gasteiger partial charge on any atom is 0.141 e. The number of nitrogens with one attached hydrogen (secondary N) is 1. The molecule has 102 valence electrons. The average molecular weight is 283 g/mol. The summed E-state index contributed by atoms with van der Waals surface area (Å²) in [6, 6.07) is 3.38. The Hall–Kier alpha value is -1.13. The van der Waals surface area contributed by atoms with Gasteiger partial charge < -0.3 is 5.11 Å². The van der Waals surface area contributed by atoms with Gasteiger partial charge in [0.2, 0.25) is 0 Å². The monoisotopic (exact) mass is 282 g/mol. The Bertz CT molecular complexity index is 592. The van der Waals surface area contributed by atoms with Crippen molar-refractivity contribution in [2.75, 3.05) is 0 Å². The van der Waals surface area contributed by atoms with E-state index in [9.17, 15) is 9.50 Å². The van der Waals surface area contributed by atoms with E-state index in [1.54, 1.807) is 18.3 Å². The first kappa shape index (κ1) is 12.9. The molecular formula is C14H16ClFN2O. The van der Waals surface area contributed by atoms with Gasteiger partial charge in [0.15, 0.2) is 0 Å². The number of rotatable bonds is 2. The zero-order chi connectivity index (χ0) is 13.5. The fourth-order valence-electron chi connectivity index (χ4n) is 2.95. The van der Waals surface area contributed by atoms with Crippen molar-refractivity contribution >= 4 is 22.5 Å². The van der Waals surface area contributed by atoms with Crippen LogP contribution in [0, 0.1) is 0 Å². The van der Waals surface area contributed by atoms with Gasteiger partial charge in [-0.2, -0.15) is 5.10 Å². The minimum Gasteiger partial charge on any atom is -0.385 e. The number of aromatic amines is 1. The fourth-order valence-corrected chi connectivity index (χ4v) is 3.19. The Morgan fingerprint density at radius 1 is 1.32 bits per heavy atom. The van der Waals surface area contributed by atoms with Crippen molar-refractivity contribution in [3.8, 4) is 0 Å². The van der Waals surface area contributed by atoms with Crippen molar-refractivity contribution in [2.45, 2.75) is 43.9 Å². The zero-order valence-electron chi connectivity index (χ0n) is 10.5. The number of nitrogens with zero attached hydrogens (tertiary/aromatic N) is 1. The minimum atomic E-state index is -1.55. The normalized spacial score (nSPS) is 20.6. The van der Waals surface area contributed by atoms with Crippen molar-refractivity contribution in [2.24, 2.45) is 0 Å². The number of aliphatic hydroxyl groups is 1. The number of alkyl halides is 1. The highest BCUT2D eigenvalue weighted by Gasteiger charge is 2.41. The minimum absolute atomic E-state index is 0.399. The van der Waals surface area contributed by atoms with Crippen LogP contribution >= 0.6 is 11.6 Å². The molecule has 0 saturated heterocycles. The first-order valence-corrected chi connectivity index (χ1v) is 6.97. The Morgan fingerprint density at radius 2 is 2.05 bits per heavy atom. The second kappa shape index (κ2) is 4.76. The van der Waals surface area contributed by atoms with Crippen molar-refractivity contribution < 1.29 is 9.50 Å². The quantitative estimate of drug-likeness (QED) is 0.877. The largest absolute Gasteiger partial charge is 0.385 e. The number of aliphatic hydroxyl groups excluding tert-OH is 1. The van der Waals surface area contributed by atoms with Crippen molar-refractivity contribution in [3.63, 3.8) is 0 Å². The molecule has 2 aromatic rings. The van der Waals surface area contributed by atoms with Crippen molar-refractivity contribution in [1.29, 1.82) is 0 Å². The Kier molecular flexibility index (Phi) is 3.23. The fraction of sp³-hybridized carbons (Fsp3) is 0.500. The van der Waals surface area contributed by atoms with Gasteiger partial charge in [0.1, 0.15) is 11.8 Å². The van der Waals surface area contributed by atoms with Crippen LogP contribution in [0.25, 0.3) is 10.9 Å². The predicted octanol–water partition coefficient (Wildman–Crippen LogP) is 3.92. The van der Waals surface area contributed by atoms with Crippen LogP contribution in [-0.4, -0.2) is 21.0 Å². The van der Waals surface area contributed by atoms with E-state index in [-0.39, 0.29) is 0 Å². The molecule has 2 N–H and O–H groups in total. The molecule has 0 radical (unpaired) electrons. The molecule has 1 aliphatic rings. The standard InChI is InChI=1S/C14H16ClFN2O/c15-10-6-9-8-17-18-12(9)11(7-10)13(19)14(16)4-2-1-3-5-14/h6-8,13,19H,1-5H2,(H,17,18). The molecule has 1 aliphatic carbocycles. The van der Waals surface area contributed by atoms with Crippen LogP contribution in [0.3, 0.4) is 0 Å². The number of aromatic nitrogens is 2. The highest BCUT2D eigenvalue weighted by atomic mass is 35.5. The molecule has 1 atom stereocenters. The first-order chi connectivity index (χ1) is 9.10. The molecule has 1 aromatic carbocycles. The van der Waals surface area contributed by atoms with Gasteiger partial charge in [0.25, 0.3) is 0 Å². The SMILES string of the molecule is OC(c1cc(Cl)cc2cn[nH]c12)C1(F)CCCCC1. The van der Waals surface area contributed by atoms with Crippen LogP contribution in [0.1, 0.15) is 43.8 Å². The number of halogens is 2. The smallest absolute Gasteiger partial charge is 0.141 e. The van der Waals surface area contributed by atoms with Crippen LogP contribution < -0.4 is 0 Å². The van der Waals surface area contributed by atoms with E-state index in [0.717, 1.165) is 24.6 Å². The van der Waals surface area contributed by atoms with Crippen molar-refractivity contribution in [1.82, 2.24) is 10.2 Å². The van der Waals surface area contributed by atoms with Crippen LogP contribution in [-0.2, 0) is 0 Å². The third kappa shape index (κ3) is 2.23. The summed E-state index contributed by atoms with van der Waals surface area (Å²) in [6.45, 7) is 0. The molecule has 1 heterocycles. The molecular weight excluding hydrogens is 267 g/mol. The molecule has 1 unspecified atom stereocenters. The van der Waals surface area contributed by atoms with Gasteiger partial charge in [-0.25, -0.2) is 4.39 Å². The van der Waals surface area contributed by atoms with Gasteiger partial charge in [-0.3, -0.25) is 5.10 Å². The molecule has 0 spiro atoms. The van der Waals surface area contributed by atoms with E-state index < -0.39 is 11.8 Å². The molecule has 1 aromatic heterocycles. The lowest BCUT2D eigenvalue weighted by molar-refractivity contribution is -0.0354. The number of benzene rings is 1. The van der Waals surface area contributed by atoms with Crippen molar-refractivity contribution in [3.05, 3.63) is 28.9 Å². The number of hydrogen-bond donors (Lipinski definition) is 2. The second-order valence-electron chi connectivity index (χ2n) is 5.33. The maximum absolute atomic E-state index is 14.9. The second-order valence-corrected chi connectivity index (χ2v) is 5.76. The Balaban J connectivity index is 2.05. The summed E-state index contributed by atoms with van der Waals surface area (Å²) in [5.41, 5.74) is -0.384. The number of hydrogen-bond acceptors (Lipinski definition) is 2. The van der Waals surface area contributed by atoms with E-state index in [4.69, 9.17) is 11.6 Å². The Morgan fingerprint density at radius 3 is 2.79 bits per heavy atom. The highest BCUT2D eigenvalue weighted by molar-refractivity contribution is 6.31. The van der Waals surface area contributed by atoms with E-state index in [1.165, 1.54) is 0 Å². The summed E-state index contributed by atoms with van der Waals surface area (Å²) in [6.07, 6.45) is 3.94. The van der Waals surface area contributed by atoms with E-state index in [2.05, 4.69) is 10.2 Å². The Labute approximate surface area is 115 Å². The lowest BCUT2D eigenvalue weighted by atomic mass is 9.79. The lowest BCUT2D eigenvalue weighted by Gasteiger charge is -2.34. The summed E-state index contributed by atoms with van der Waals surface area (Å²) in [5, 5.41) is 18.5. The van der Waals surface area contributed by atoms with Crippen LogP contribution in [0.2, 0.25) is 5.02 Å². The van der Waals surface area contributed by atoms with Crippen LogP contribution in [0.15, 0.2) is 18.3 Å². The molecule has 1 saturated carbocycles. The van der Waals surface area contributed by atoms with E-state index >= 15 is 0 Å². The van der Waals surface area contributed by atoms with Gasteiger partial charge in [-0.05, 0) is 25.0 Å². The molecule has 3 nitrogen and oxygen atoms in total. The molecule has 0 aliphatic heterocycles. The van der Waals surface area contributed by atoms with E-state index in [1.807, 2.05) is 0 Å². The van der Waals surface area contributed by atoms with Crippen LogP contribution in [0.5, 0.6) is 0 Å². The van der Waals surface area contributed by atoms with Gasteiger partial charge in [0.05, 0.1) is 11.7 Å². The summed E-state index contributed by atoms with van der Waals surface area (Å²) < 4.78 is 14.9. The van der Waals surface area contributed by atoms with E-state index in [0.29, 0.717) is 28.9 Å². The molecule has 0 amide bonds. The third-order valence-electron chi connectivity index (χ3n) is 4.01. The van der Waals surface area contributed by atoms with Crippen LogP contribution in [0.4, 0.5) is 4.39 Å². The molecule has 1 fully saturated rings. The van der Waals surface area contributed by atoms with Gasteiger partial charge >= 0.3 is 0 Å². The molecule has 5 heteroatoms. The number of H-pyrrole nitrogens is 1. The summed E-state index contributed by atoms with van der Waals surface area (Å²) >= 11 is 6.03. The molecule has 19 heavy (non-hydrogen) atoms. The molecule has 3 rings (SSSR count). The van der Waals surface area contributed by atoms with Gasteiger partial charge in [-0.1, -0.05) is 30.9 Å². The summed E-state index contributed by atoms with van der Waals surface area (Å²) in [5.74, 6) is 0. The maximum atomic E-state index is 14.9. The third-order valence-corrected chi connectivity index (χ3v) is 4.23. The topological polar surface area (TPSA) is 48.9 Å². The zero-order valence-corrected chi connectivity index (χ0v) is 11.3. The first-order valence-electron chi connectivity index (χ1n) is 6.60. The molecule has 0 bridgehead atoms. The van der Waals surface area contributed by atoms with Gasteiger partial charge in [-0.15, -0.1) is 0 Å². The predicted molar refractivity (Wildman–Crippen MR) is 73.0 cm³/mol. The van der Waals surface area contributed by atoms with Gasteiger partial charge in [0, 0.05) is 16.0 Å².